The van der Waals surface area contributed by atoms with Gasteiger partial charge in [-0.15, -0.1) is 0 Å². The Morgan fingerprint density at radius 2 is 1.56 bits per heavy atom. The number of hydrogen-bond acceptors (Lipinski definition) is 2. The van der Waals surface area contributed by atoms with Crippen molar-refractivity contribution < 1.29 is 0 Å². The van der Waals surface area contributed by atoms with E-state index >= 15 is 0 Å². The fourth-order valence-electron chi connectivity index (χ4n) is 3.16. The summed E-state index contributed by atoms with van der Waals surface area (Å²) in [5, 5.41) is 3.86. The highest BCUT2D eigenvalue weighted by molar-refractivity contribution is 5.02. The zero-order valence-corrected chi connectivity index (χ0v) is 10.4. The van der Waals surface area contributed by atoms with Crippen LogP contribution in [0.4, 0.5) is 0 Å². The highest BCUT2D eigenvalue weighted by Gasteiger charge is 2.30. The maximum Gasteiger partial charge on any atom is 0.0306 e. The normalized spacial score (nSPS) is 26.6. The summed E-state index contributed by atoms with van der Waals surface area (Å²) in [6.07, 6.45) is 16.5. The molecule has 0 spiro atoms. The van der Waals surface area contributed by atoms with Crippen LogP contribution in [-0.2, 0) is 0 Å². The van der Waals surface area contributed by atoms with Crippen LogP contribution in [-0.4, -0.2) is 18.1 Å². The second-order valence-corrected chi connectivity index (χ2v) is 5.54. The van der Waals surface area contributed by atoms with E-state index in [4.69, 9.17) is 5.73 Å². The Morgan fingerprint density at radius 3 is 2.12 bits per heavy atom. The molecular formula is C14H26N2. The first kappa shape index (κ1) is 12.1. The Morgan fingerprint density at radius 1 is 1.00 bits per heavy atom. The minimum Gasteiger partial charge on any atom is -0.329 e. The van der Waals surface area contributed by atoms with Gasteiger partial charge in [-0.2, -0.15) is 0 Å². The van der Waals surface area contributed by atoms with Crippen LogP contribution in [0.2, 0.25) is 0 Å². The topological polar surface area (TPSA) is 38.0 Å². The summed E-state index contributed by atoms with van der Waals surface area (Å²) in [6, 6.07) is 0.656. The van der Waals surface area contributed by atoms with E-state index in [1.54, 1.807) is 0 Å². The van der Waals surface area contributed by atoms with Crippen molar-refractivity contribution in [2.24, 2.45) is 5.73 Å². The van der Waals surface area contributed by atoms with Gasteiger partial charge in [0.05, 0.1) is 0 Å². The third-order valence-electron chi connectivity index (χ3n) is 4.22. The van der Waals surface area contributed by atoms with Crippen LogP contribution < -0.4 is 11.1 Å². The minimum atomic E-state index is 0.247. The molecule has 2 nitrogen and oxygen atoms in total. The Bertz CT molecular complexity index is 219. The maximum absolute atomic E-state index is 6.05. The van der Waals surface area contributed by atoms with Crippen LogP contribution in [0, 0.1) is 0 Å². The van der Waals surface area contributed by atoms with Crippen LogP contribution in [0.1, 0.15) is 57.8 Å². The van der Waals surface area contributed by atoms with Gasteiger partial charge >= 0.3 is 0 Å². The van der Waals surface area contributed by atoms with Crippen LogP contribution in [0.25, 0.3) is 0 Å². The van der Waals surface area contributed by atoms with Gasteiger partial charge in [-0.05, 0) is 25.7 Å². The Labute approximate surface area is 99.7 Å². The second-order valence-electron chi connectivity index (χ2n) is 5.54. The largest absolute Gasteiger partial charge is 0.329 e. The zero-order chi connectivity index (χ0) is 11.3. The Kier molecular flexibility index (Phi) is 4.42. The van der Waals surface area contributed by atoms with E-state index in [1.807, 2.05) is 0 Å². The molecule has 0 aromatic rings. The SMILES string of the molecule is NCC1(NC2CC=CC2)CCCCCCC1. The third kappa shape index (κ3) is 3.08. The van der Waals surface area contributed by atoms with Gasteiger partial charge in [-0.1, -0.05) is 44.3 Å². The predicted octanol–water partition coefficient (Wildman–Crippen LogP) is 2.74. The first-order valence-electron chi connectivity index (χ1n) is 6.97. The highest BCUT2D eigenvalue weighted by Crippen LogP contribution is 2.27. The summed E-state index contributed by atoms with van der Waals surface area (Å²) >= 11 is 0. The van der Waals surface area contributed by atoms with Crippen molar-refractivity contribution in [3.05, 3.63) is 12.2 Å². The summed E-state index contributed by atoms with van der Waals surface area (Å²) in [5.74, 6) is 0. The lowest BCUT2D eigenvalue weighted by atomic mass is 9.83. The van der Waals surface area contributed by atoms with Crippen LogP contribution in [0.3, 0.4) is 0 Å². The first-order valence-corrected chi connectivity index (χ1v) is 6.97. The maximum atomic E-state index is 6.05. The van der Waals surface area contributed by atoms with Gasteiger partial charge < -0.3 is 11.1 Å². The smallest absolute Gasteiger partial charge is 0.0306 e. The fraction of sp³-hybridized carbons (Fsp3) is 0.857. The standard InChI is InChI=1S/C14H26N2/c15-12-14(16-13-8-4-5-9-13)10-6-2-1-3-7-11-14/h4-5,13,16H,1-3,6-12,15H2. The van der Waals surface area contributed by atoms with Gasteiger partial charge in [0.25, 0.3) is 0 Å². The van der Waals surface area contributed by atoms with Gasteiger partial charge in [0.15, 0.2) is 0 Å². The summed E-state index contributed by atoms with van der Waals surface area (Å²) in [5.41, 5.74) is 6.30. The number of hydrogen-bond donors (Lipinski definition) is 2. The molecule has 2 aliphatic rings. The zero-order valence-electron chi connectivity index (χ0n) is 10.4. The molecule has 0 bridgehead atoms. The van der Waals surface area contributed by atoms with Gasteiger partial charge in [-0.3, -0.25) is 0 Å². The molecule has 16 heavy (non-hydrogen) atoms. The molecular weight excluding hydrogens is 196 g/mol. The molecule has 1 fully saturated rings. The summed E-state index contributed by atoms with van der Waals surface area (Å²) in [7, 11) is 0. The van der Waals surface area contributed by atoms with E-state index in [0.717, 1.165) is 6.54 Å². The van der Waals surface area contributed by atoms with Gasteiger partial charge in [0.1, 0.15) is 0 Å². The summed E-state index contributed by atoms with van der Waals surface area (Å²) in [6.45, 7) is 0.809. The molecule has 0 amide bonds. The molecule has 0 unspecified atom stereocenters. The van der Waals surface area contributed by atoms with Crippen molar-refractivity contribution in [1.82, 2.24) is 5.32 Å². The molecule has 0 heterocycles. The fourth-order valence-corrected chi connectivity index (χ4v) is 3.16. The van der Waals surface area contributed by atoms with E-state index in [1.165, 1.54) is 57.8 Å². The third-order valence-corrected chi connectivity index (χ3v) is 4.22. The molecule has 0 radical (unpaired) electrons. The molecule has 92 valence electrons. The first-order chi connectivity index (χ1) is 7.85. The number of rotatable bonds is 3. The molecule has 0 saturated heterocycles. The average molecular weight is 222 g/mol. The Balaban J connectivity index is 1.91. The lowest BCUT2D eigenvalue weighted by Gasteiger charge is -2.38. The molecule has 2 rings (SSSR count). The molecule has 0 aliphatic heterocycles. The quantitative estimate of drug-likeness (QED) is 0.721. The summed E-state index contributed by atoms with van der Waals surface area (Å²) < 4.78 is 0. The van der Waals surface area contributed by atoms with Crippen molar-refractivity contribution in [1.29, 1.82) is 0 Å². The van der Waals surface area contributed by atoms with Crippen molar-refractivity contribution >= 4 is 0 Å². The minimum absolute atomic E-state index is 0.247. The molecule has 0 aromatic carbocycles. The van der Waals surface area contributed by atoms with Crippen LogP contribution >= 0.6 is 0 Å². The van der Waals surface area contributed by atoms with E-state index < -0.39 is 0 Å². The predicted molar refractivity (Wildman–Crippen MR) is 69.4 cm³/mol. The van der Waals surface area contributed by atoms with Crippen molar-refractivity contribution in [2.45, 2.75) is 69.4 Å². The Hall–Kier alpha value is -0.340. The molecule has 3 N–H and O–H groups in total. The lowest BCUT2D eigenvalue weighted by Crippen LogP contribution is -2.55. The number of nitrogens with one attached hydrogen (secondary N) is 1. The summed E-state index contributed by atoms with van der Waals surface area (Å²) in [4.78, 5) is 0. The molecule has 2 heteroatoms. The van der Waals surface area contributed by atoms with Crippen molar-refractivity contribution in [3.63, 3.8) is 0 Å². The van der Waals surface area contributed by atoms with Gasteiger partial charge in [0, 0.05) is 18.1 Å². The monoisotopic (exact) mass is 222 g/mol. The highest BCUT2D eigenvalue weighted by atomic mass is 15.0. The molecule has 0 atom stereocenters. The van der Waals surface area contributed by atoms with Crippen LogP contribution in [0.15, 0.2) is 12.2 Å². The molecule has 1 saturated carbocycles. The van der Waals surface area contributed by atoms with E-state index in [-0.39, 0.29) is 5.54 Å². The van der Waals surface area contributed by atoms with E-state index in [2.05, 4.69) is 17.5 Å². The van der Waals surface area contributed by atoms with Gasteiger partial charge in [0.2, 0.25) is 0 Å². The van der Waals surface area contributed by atoms with Crippen molar-refractivity contribution in [3.8, 4) is 0 Å². The second kappa shape index (κ2) is 5.83. The van der Waals surface area contributed by atoms with E-state index in [9.17, 15) is 0 Å². The van der Waals surface area contributed by atoms with Gasteiger partial charge in [-0.25, -0.2) is 0 Å². The molecule has 2 aliphatic carbocycles. The van der Waals surface area contributed by atoms with Crippen molar-refractivity contribution in [2.75, 3.05) is 6.54 Å². The van der Waals surface area contributed by atoms with Crippen LogP contribution in [0.5, 0.6) is 0 Å². The molecule has 0 aromatic heterocycles. The van der Waals surface area contributed by atoms with E-state index in [0.29, 0.717) is 6.04 Å². The number of nitrogens with two attached hydrogens (primary N) is 1. The average Bonchev–Trinajstić information content (AvgIpc) is 2.75. The lowest BCUT2D eigenvalue weighted by molar-refractivity contribution is 0.232.